The van der Waals surface area contributed by atoms with Crippen LogP contribution in [-0.2, 0) is 0 Å². The largest absolute Gasteiger partial charge is 0.379 e. The molecule has 6 nitrogen and oxygen atoms in total. The SMILES string of the molecule is CSc1ccccc1NC(=O)c1nonc1N. The molecule has 0 aliphatic rings. The minimum Gasteiger partial charge on any atom is -0.379 e. The van der Waals surface area contributed by atoms with Crippen LogP contribution in [0.2, 0.25) is 0 Å². The summed E-state index contributed by atoms with van der Waals surface area (Å²) < 4.78 is 4.37. The molecule has 3 N–H and O–H groups in total. The average Bonchev–Trinajstić information content (AvgIpc) is 2.76. The van der Waals surface area contributed by atoms with E-state index in [9.17, 15) is 4.79 Å². The minimum atomic E-state index is -0.440. The van der Waals surface area contributed by atoms with Crippen molar-refractivity contribution < 1.29 is 9.42 Å². The first-order valence-electron chi connectivity index (χ1n) is 4.74. The third-order valence-corrected chi connectivity index (χ3v) is 2.88. The number of anilines is 2. The zero-order valence-electron chi connectivity index (χ0n) is 9.01. The van der Waals surface area contributed by atoms with Crippen molar-refractivity contribution in [3.63, 3.8) is 0 Å². The van der Waals surface area contributed by atoms with Crippen molar-refractivity contribution in [1.29, 1.82) is 0 Å². The molecule has 17 heavy (non-hydrogen) atoms. The highest BCUT2D eigenvalue weighted by Crippen LogP contribution is 2.25. The Labute approximate surface area is 102 Å². The second kappa shape index (κ2) is 4.88. The van der Waals surface area contributed by atoms with Gasteiger partial charge in [-0.3, -0.25) is 4.79 Å². The Hall–Kier alpha value is -2.02. The highest BCUT2D eigenvalue weighted by molar-refractivity contribution is 7.98. The van der Waals surface area contributed by atoms with Gasteiger partial charge in [0.25, 0.3) is 5.91 Å². The first-order valence-corrected chi connectivity index (χ1v) is 5.97. The molecular weight excluding hydrogens is 240 g/mol. The smallest absolute Gasteiger partial charge is 0.281 e. The van der Waals surface area contributed by atoms with Gasteiger partial charge in [-0.1, -0.05) is 12.1 Å². The molecule has 0 aliphatic heterocycles. The van der Waals surface area contributed by atoms with Crippen LogP contribution in [0.15, 0.2) is 33.8 Å². The van der Waals surface area contributed by atoms with Crippen molar-refractivity contribution >= 4 is 29.2 Å². The summed E-state index contributed by atoms with van der Waals surface area (Å²) in [6.45, 7) is 0. The quantitative estimate of drug-likeness (QED) is 0.804. The van der Waals surface area contributed by atoms with Crippen LogP contribution in [0.1, 0.15) is 10.5 Å². The molecule has 2 aromatic rings. The fraction of sp³-hybridized carbons (Fsp3) is 0.100. The van der Waals surface area contributed by atoms with E-state index in [-0.39, 0.29) is 11.5 Å². The second-order valence-corrected chi connectivity index (χ2v) is 4.00. The Morgan fingerprint density at radius 2 is 2.18 bits per heavy atom. The number of hydrogen-bond acceptors (Lipinski definition) is 6. The van der Waals surface area contributed by atoms with Crippen LogP contribution in [0.3, 0.4) is 0 Å². The summed E-state index contributed by atoms with van der Waals surface area (Å²) in [6.07, 6.45) is 1.93. The topological polar surface area (TPSA) is 94.0 Å². The molecule has 7 heteroatoms. The van der Waals surface area contributed by atoms with Gasteiger partial charge in [0.15, 0.2) is 0 Å². The molecule has 0 saturated heterocycles. The predicted octanol–water partition coefficient (Wildman–Crippen LogP) is 1.63. The molecule has 1 amide bonds. The lowest BCUT2D eigenvalue weighted by Gasteiger charge is -2.07. The molecule has 1 aromatic heterocycles. The summed E-state index contributed by atoms with van der Waals surface area (Å²) in [7, 11) is 0. The van der Waals surface area contributed by atoms with Crippen LogP contribution in [0.5, 0.6) is 0 Å². The van der Waals surface area contributed by atoms with Crippen LogP contribution >= 0.6 is 11.8 Å². The Balaban J connectivity index is 2.22. The van der Waals surface area contributed by atoms with Crippen LogP contribution in [0, 0.1) is 0 Å². The number of carbonyl (C=O) groups is 1. The predicted molar refractivity (Wildman–Crippen MR) is 64.9 cm³/mol. The van der Waals surface area contributed by atoms with E-state index in [0.717, 1.165) is 4.90 Å². The number of nitrogens with two attached hydrogens (primary N) is 1. The number of aromatic nitrogens is 2. The van der Waals surface area contributed by atoms with E-state index in [1.54, 1.807) is 6.07 Å². The number of carbonyl (C=O) groups excluding carboxylic acids is 1. The zero-order chi connectivity index (χ0) is 12.3. The van der Waals surface area contributed by atoms with Crippen LogP contribution in [0.25, 0.3) is 0 Å². The molecular formula is C10H10N4O2S. The van der Waals surface area contributed by atoms with Crippen molar-refractivity contribution in [2.75, 3.05) is 17.3 Å². The lowest BCUT2D eigenvalue weighted by molar-refractivity contribution is 0.101. The minimum absolute atomic E-state index is 0.0130. The fourth-order valence-electron chi connectivity index (χ4n) is 1.28. The summed E-state index contributed by atoms with van der Waals surface area (Å²) in [5, 5.41) is 9.49. The van der Waals surface area contributed by atoms with Crippen molar-refractivity contribution in [3.05, 3.63) is 30.0 Å². The molecule has 1 aromatic carbocycles. The number of benzene rings is 1. The monoisotopic (exact) mass is 250 g/mol. The van der Waals surface area contributed by atoms with Crippen molar-refractivity contribution in [2.45, 2.75) is 4.90 Å². The number of nitrogen functional groups attached to an aromatic ring is 1. The standard InChI is InChI=1S/C10H10N4O2S/c1-17-7-5-3-2-4-6(7)12-10(15)8-9(11)14-16-13-8/h2-5H,1H3,(H2,11,14)(H,12,15). The zero-order valence-corrected chi connectivity index (χ0v) is 9.82. The van der Waals surface area contributed by atoms with E-state index < -0.39 is 5.91 Å². The van der Waals surface area contributed by atoms with Gasteiger partial charge < -0.3 is 11.1 Å². The maximum Gasteiger partial charge on any atom is 0.281 e. The van der Waals surface area contributed by atoms with Gasteiger partial charge in [-0.25, -0.2) is 4.63 Å². The van der Waals surface area contributed by atoms with Gasteiger partial charge in [0.2, 0.25) is 11.5 Å². The summed E-state index contributed by atoms with van der Waals surface area (Å²) >= 11 is 1.53. The molecule has 0 radical (unpaired) electrons. The van der Waals surface area contributed by atoms with Crippen LogP contribution in [0.4, 0.5) is 11.5 Å². The van der Waals surface area contributed by atoms with E-state index >= 15 is 0 Å². The third-order valence-electron chi connectivity index (χ3n) is 2.08. The van der Waals surface area contributed by atoms with Gasteiger partial charge in [-0.05, 0) is 28.7 Å². The molecule has 0 spiro atoms. The van der Waals surface area contributed by atoms with Gasteiger partial charge >= 0.3 is 0 Å². The molecule has 88 valence electrons. The molecule has 0 fully saturated rings. The Morgan fingerprint density at radius 1 is 1.41 bits per heavy atom. The number of hydrogen-bond donors (Lipinski definition) is 2. The van der Waals surface area contributed by atoms with E-state index in [2.05, 4.69) is 20.3 Å². The van der Waals surface area contributed by atoms with E-state index in [0.29, 0.717) is 5.69 Å². The summed E-state index contributed by atoms with van der Waals surface area (Å²) in [5.74, 6) is -0.464. The maximum absolute atomic E-state index is 11.8. The van der Waals surface area contributed by atoms with Crippen molar-refractivity contribution in [1.82, 2.24) is 10.3 Å². The third kappa shape index (κ3) is 2.39. The fourth-order valence-corrected chi connectivity index (χ4v) is 1.84. The van der Waals surface area contributed by atoms with Crippen LogP contribution in [-0.4, -0.2) is 22.5 Å². The first-order chi connectivity index (χ1) is 8.22. The number of amides is 1. The maximum atomic E-state index is 11.8. The van der Waals surface area contributed by atoms with Gasteiger partial charge in [0.1, 0.15) is 0 Å². The Morgan fingerprint density at radius 3 is 2.82 bits per heavy atom. The number of para-hydroxylation sites is 1. The highest BCUT2D eigenvalue weighted by atomic mass is 32.2. The molecule has 0 bridgehead atoms. The average molecular weight is 250 g/mol. The molecule has 0 saturated carbocycles. The summed E-state index contributed by atoms with van der Waals surface area (Å²) in [4.78, 5) is 12.8. The molecule has 0 atom stereocenters. The van der Waals surface area contributed by atoms with Crippen molar-refractivity contribution in [2.24, 2.45) is 0 Å². The lowest BCUT2D eigenvalue weighted by Crippen LogP contribution is -2.14. The molecule has 2 rings (SSSR count). The molecule has 0 unspecified atom stereocenters. The van der Waals surface area contributed by atoms with Gasteiger partial charge in [0, 0.05) is 4.90 Å². The summed E-state index contributed by atoms with van der Waals surface area (Å²) in [6, 6.07) is 7.44. The normalized spacial score (nSPS) is 10.2. The van der Waals surface area contributed by atoms with E-state index in [4.69, 9.17) is 5.73 Å². The van der Waals surface area contributed by atoms with Gasteiger partial charge in [-0.2, -0.15) is 0 Å². The summed E-state index contributed by atoms with van der Waals surface area (Å²) in [5.41, 5.74) is 6.12. The number of nitrogens with one attached hydrogen (secondary N) is 1. The number of nitrogens with zero attached hydrogens (tertiary/aromatic N) is 2. The molecule has 0 aliphatic carbocycles. The van der Waals surface area contributed by atoms with Gasteiger partial charge in [0.05, 0.1) is 5.69 Å². The van der Waals surface area contributed by atoms with Crippen molar-refractivity contribution in [3.8, 4) is 0 Å². The van der Waals surface area contributed by atoms with E-state index in [1.165, 1.54) is 11.8 Å². The Kier molecular flexibility index (Phi) is 3.29. The number of rotatable bonds is 3. The Bertz CT molecular complexity index is 541. The second-order valence-electron chi connectivity index (χ2n) is 3.15. The first kappa shape index (κ1) is 11.5. The highest BCUT2D eigenvalue weighted by Gasteiger charge is 2.16. The number of thioether (sulfide) groups is 1. The lowest BCUT2D eigenvalue weighted by atomic mass is 10.3. The molecule has 1 heterocycles. The van der Waals surface area contributed by atoms with Crippen LogP contribution < -0.4 is 11.1 Å². The van der Waals surface area contributed by atoms with Gasteiger partial charge in [-0.15, -0.1) is 11.8 Å². The van der Waals surface area contributed by atoms with E-state index in [1.807, 2.05) is 24.5 Å².